The second-order valence-electron chi connectivity index (χ2n) is 6.65. The van der Waals surface area contributed by atoms with Crippen LogP contribution in [0.1, 0.15) is 37.0 Å². The minimum atomic E-state index is -0.766. The second-order valence-corrected chi connectivity index (χ2v) is 6.65. The van der Waals surface area contributed by atoms with Crippen LogP contribution >= 0.6 is 0 Å². The molecule has 0 saturated heterocycles. The number of carbonyl (C=O) groups excluding carboxylic acids is 2. The first-order valence-corrected chi connectivity index (χ1v) is 8.25. The summed E-state index contributed by atoms with van der Waals surface area (Å²) in [6.07, 6.45) is 0. The molecule has 1 aliphatic heterocycles. The van der Waals surface area contributed by atoms with Gasteiger partial charge in [-0.15, -0.1) is 0 Å². The maximum absolute atomic E-state index is 12.8. The van der Waals surface area contributed by atoms with E-state index in [0.717, 1.165) is 5.56 Å². The van der Waals surface area contributed by atoms with Crippen molar-refractivity contribution in [1.29, 1.82) is 0 Å². The molecule has 0 aliphatic carbocycles. The smallest absolute Gasteiger partial charge is 0.294 e. The average Bonchev–Trinajstić information content (AvgIpc) is 3.09. The van der Waals surface area contributed by atoms with Crippen molar-refractivity contribution in [3.63, 3.8) is 0 Å². The van der Waals surface area contributed by atoms with Crippen LogP contribution in [0, 0.1) is 19.8 Å². The van der Waals surface area contributed by atoms with Gasteiger partial charge in [-0.2, -0.15) is 0 Å². The Morgan fingerprint density at radius 2 is 1.92 bits per heavy atom. The average molecular weight is 339 g/mol. The van der Waals surface area contributed by atoms with E-state index in [0.29, 0.717) is 17.2 Å². The van der Waals surface area contributed by atoms with Crippen LogP contribution in [0.25, 0.3) is 0 Å². The molecule has 1 aromatic carbocycles. The zero-order chi connectivity index (χ0) is 18.3. The lowest BCUT2D eigenvalue weighted by Crippen LogP contribution is -2.31. The molecule has 0 spiro atoms. The van der Waals surface area contributed by atoms with Gasteiger partial charge in [0.05, 0.1) is 5.57 Å². The first-order valence-electron chi connectivity index (χ1n) is 8.25. The van der Waals surface area contributed by atoms with Gasteiger partial charge in [-0.3, -0.25) is 14.5 Å². The molecule has 1 amide bonds. The van der Waals surface area contributed by atoms with Crippen molar-refractivity contribution in [3.8, 4) is 0 Å². The third-order valence-electron chi connectivity index (χ3n) is 4.31. The molecule has 0 saturated carbocycles. The molecule has 0 fully saturated rings. The lowest BCUT2D eigenvalue weighted by atomic mass is 9.94. The van der Waals surface area contributed by atoms with Crippen LogP contribution in [0.4, 0.5) is 5.69 Å². The van der Waals surface area contributed by atoms with Crippen molar-refractivity contribution < 1.29 is 19.1 Å². The summed E-state index contributed by atoms with van der Waals surface area (Å²) in [7, 11) is 0. The molecule has 2 heterocycles. The molecule has 0 bridgehead atoms. The van der Waals surface area contributed by atoms with E-state index in [2.05, 4.69) is 0 Å². The van der Waals surface area contributed by atoms with Gasteiger partial charge < -0.3 is 9.52 Å². The number of rotatable bonds is 4. The quantitative estimate of drug-likeness (QED) is 0.913. The van der Waals surface area contributed by atoms with Crippen LogP contribution < -0.4 is 4.90 Å². The molecule has 0 radical (unpaired) electrons. The van der Waals surface area contributed by atoms with Crippen LogP contribution in [0.15, 0.2) is 52.1 Å². The summed E-state index contributed by atoms with van der Waals surface area (Å²) in [6, 6.07) is 10.1. The summed E-state index contributed by atoms with van der Waals surface area (Å²) in [5.74, 6) is -0.566. The summed E-state index contributed by atoms with van der Waals surface area (Å²) < 4.78 is 5.71. The summed E-state index contributed by atoms with van der Waals surface area (Å²) in [4.78, 5) is 26.9. The minimum Gasteiger partial charge on any atom is -0.503 e. The number of amides is 1. The van der Waals surface area contributed by atoms with Crippen molar-refractivity contribution in [2.45, 2.75) is 33.7 Å². The molecular formula is C20H21NO4. The fourth-order valence-electron chi connectivity index (χ4n) is 3.08. The predicted molar refractivity (Wildman–Crippen MR) is 94.4 cm³/mol. The van der Waals surface area contributed by atoms with Crippen molar-refractivity contribution in [3.05, 3.63) is 64.8 Å². The number of benzene rings is 1. The number of Topliss-reactive ketones (excluding diaryl/α,β-unsaturated/α-hetero) is 1. The second kappa shape index (κ2) is 6.24. The first-order chi connectivity index (χ1) is 11.8. The standard InChI is InChI=1S/C20H21NO4/c1-11(2)18(22)16-17(15-9-8-13(4)25-15)21(20(24)19(16)23)14-7-5-6-12(3)10-14/h5-11,17,23H,1-4H3. The SMILES string of the molecule is Cc1cccc(N2C(=O)C(O)=C(C(=O)C(C)C)C2c2ccc(C)o2)c1. The summed E-state index contributed by atoms with van der Waals surface area (Å²) in [6.45, 7) is 7.20. The number of aryl methyl sites for hydroxylation is 2. The number of anilines is 1. The number of aliphatic hydroxyl groups excluding tert-OH is 1. The molecule has 1 atom stereocenters. The number of furan rings is 1. The Morgan fingerprint density at radius 3 is 2.48 bits per heavy atom. The van der Waals surface area contributed by atoms with Crippen molar-refractivity contribution in [1.82, 2.24) is 0 Å². The number of nitrogens with zero attached hydrogens (tertiary/aromatic N) is 1. The molecule has 5 nitrogen and oxygen atoms in total. The van der Waals surface area contributed by atoms with E-state index >= 15 is 0 Å². The van der Waals surface area contributed by atoms with E-state index in [4.69, 9.17) is 4.42 Å². The van der Waals surface area contributed by atoms with Crippen molar-refractivity contribution >= 4 is 17.4 Å². The van der Waals surface area contributed by atoms with Crippen LogP contribution in [-0.4, -0.2) is 16.8 Å². The Labute approximate surface area is 146 Å². The number of carbonyl (C=O) groups is 2. The van der Waals surface area contributed by atoms with Gasteiger partial charge >= 0.3 is 0 Å². The fraction of sp³-hybridized carbons (Fsp3) is 0.300. The molecule has 1 aromatic heterocycles. The molecule has 1 unspecified atom stereocenters. The number of hydrogen-bond acceptors (Lipinski definition) is 4. The molecule has 25 heavy (non-hydrogen) atoms. The number of aliphatic hydroxyl groups is 1. The van der Waals surface area contributed by atoms with Gasteiger partial charge in [0, 0.05) is 11.6 Å². The monoisotopic (exact) mass is 339 g/mol. The van der Waals surface area contributed by atoms with Crippen molar-refractivity contribution in [2.75, 3.05) is 4.90 Å². The molecule has 130 valence electrons. The zero-order valence-corrected chi connectivity index (χ0v) is 14.7. The lowest BCUT2D eigenvalue weighted by molar-refractivity contribution is -0.119. The lowest BCUT2D eigenvalue weighted by Gasteiger charge is -2.25. The van der Waals surface area contributed by atoms with E-state index < -0.39 is 17.7 Å². The summed E-state index contributed by atoms with van der Waals surface area (Å²) in [5, 5.41) is 10.4. The van der Waals surface area contributed by atoms with Crippen LogP contribution in [0.3, 0.4) is 0 Å². The van der Waals surface area contributed by atoms with E-state index in [1.54, 1.807) is 39.0 Å². The molecular weight excluding hydrogens is 318 g/mol. The maximum atomic E-state index is 12.8. The third-order valence-corrected chi connectivity index (χ3v) is 4.31. The van der Waals surface area contributed by atoms with Crippen LogP contribution in [0.2, 0.25) is 0 Å². The predicted octanol–water partition coefficient (Wildman–Crippen LogP) is 4.02. The topological polar surface area (TPSA) is 70.8 Å². The van der Waals surface area contributed by atoms with Gasteiger partial charge in [0.2, 0.25) is 0 Å². The van der Waals surface area contributed by atoms with E-state index in [9.17, 15) is 14.7 Å². The van der Waals surface area contributed by atoms with Gasteiger partial charge in [0.1, 0.15) is 17.6 Å². The highest BCUT2D eigenvalue weighted by atomic mass is 16.3. The highest BCUT2D eigenvalue weighted by Crippen LogP contribution is 2.42. The maximum Gasteiger partial charge on any atom is 0.294 e. The van der Waals surface area contributed by atoms with Crippen LogP contribution in [0.5, 0.6) is 0 Å². The first kappa shape index (κ1) is 17.0. The minimum absolute atomic E-state index is 0.0934. The molecule has 2 aromatic rings. The van der Waals surface area contributed by atoms with Gasteiger partial charge in [-0.25, -0.2) is 0 Å². The van der Waals surface area contributed by atoms with Gasteiger partial charge in [-0.1, -0.05) is 26.0 Å². The fourth-order valence-corrected chi connectivity index (χ4v) is 3.08. The van der Waals surface area contributed by atoms with Gasteiger partial charge in [-0.05, 0) is 43.7 Å². The Morgan fingerprint density at radius 1 is 1.20 bits per heavy atom. The van der Waals surface area contributed by atoms with Gasteiger partial charge in [0.15, 0.2) is 11.5 Å². The van der Waals surface area contributed by atoms with Gasteiger partial charge in [0.25, 0.3) is 5.91 Å². The van der Waals surface area contributed by atoms with E-state index in [-0.39, 0.29) is 17.3 Å². The Bertz CT molecular complexity index is 875. The van der Waals surface area contributed by atoms with E-state index in [1.165, 1.54) is 4.90 Å². The highest BCUT2D eigenvalue weighted by Gasteiger charge is 2.46. The number of ketones is 1. The summed E-state index contributed by atoms with van der Waals surface area (Å²) >= 11 is 0. The van der Waals surface area contributed by atoms with Crippen LogP contribution in [-0.2, 0) is 9.59 Å². The molecule has 3 rings (SSSR count). The Hall–Kier alpha value is -2.82. The Kier molecular flexibility index (Phi) is 4.25. The normalized spacial score (nSPS) is 17.7. The molecule has 1 aliphatic rings. The Balaban J connectivity index is 2.18. The molecule has 5 heteroatoms. The van der Waals surface area contributed by atoms with Crippen molar-refractivity contribution in [2.24, 2.45) is 5.92 Å². The zero-order valence-electron chi connectivity index (χ0n) is 14.7. The summed E-state index contributed by atoms with van der Waals surface area (Å²) in [5.41, 5.74) is 1.68. The largest absolute Gasteiger partial charge is 0.503 e. The van der Waals surface area contributed by atoms with E-state index in [1.807, 2.05) is 25.1 Å². The highest BCUT2D eigenvalue weighted by molar-refractivity contribution is 6.16. The third kappa shape index (κ3) is 2.86. The molecule has 1 N–H and O–H groups in total. The number of hydrogen-bond donors (Lipinski definition) is 1.